The number of carbonyl (C=O) groups excluding carboxylic acids is 2. The van der Waals surface area contributed by atoms with E-state index in [0.717, 1.165) is 38.5 Å². The molecular weight excluding hydrogens is 434 g/mol. The molecule has 9 heteroatoms. The number of nitrogens with one attached hydrogen (secondary N) is 1. The molecule has 32 heavy (non-hydrogen) atoms. The highest BCUT2D eigenvalue weighted by atomic mass is 32.2. The van der Waals surface area contributed by atoms with E-state index in [1.807, 2.05) is 0 Å². The third kappa shape index (κ3) is 20.4. The van der Waals surface area contributed by atoms with Gasteiger partial charge in [0.25, 0.3) is 10.1 Å². The van der Waals surface area contributed by atoms with Crippen LogP contribution in [0.25, 0.3) is 0 Å². The third-order valence-corrected chi connectivity index (χ3v) is 6.25. The van der Waals surface area contributed by atoms with Crippen LogP contribution in [0.4, 0.5) is 0 Å². The Bertz CT molecular complexity index is 634. The number of rotatable bonds is 22. The van der Waals surface area contributed by atoms with E-state index in [1.165, 1.54) is 44.9 Å². The topological polar surface area (TPSA) is 138 Å². The average molecular weight is 478 g/mol. The minimum absolute atomic E-state index is 0.0923. The number of unbranched alkanes of at least 4 members (excludes halogenated alkanes) is 13. The quantitative estimate of drug-likeness (QED) is 0.152. The summed E-state index contributed by atoms with van der Waals surface area (Å²) in [5.74, 6) is -2.25. The maximum atomic E-state index is 12.0. The number of ketones is 1. The Morgan fingerprint density at radius 1 is 0.719 bits per heavy atom. The van der Waals surface area contributed by atoms with Crippen molar-refractivity contribution in [2.45, 2.75) is 122 Å². The molecule has 0 heterocycles. The van der Waals surface area contributed by atoms with Gasteiger partial charge in [-0.3, -0.25) is 18.9 Å². The summed E-state index contributed by atoms with van der Waals surface area (Å²) in [7, 11) is -4.33. The first kappa shape index (κ1) is 30.5. The molecule has 1 amide bonds. The standard InChI is InChI=1S/C23H43NO7S/c1-2-21(25)20(19-32(29,30)31)24-22(26)17-15-13-11-9-7-5-3-4-6-8-10-12-14-16-18-23(27)28/h20H,2-19H2,1H3,(H,24,26)(H,27,28)(H,29,30,31). The van der Waals surface area contributed by atoms with E-state index in [1.54, 1.807) is 6.92 Å². The van der Waals surface area contributed by atoms with Crippen LogP contribution in [0, 0.1) is 0 Å². The van der Waals surface area contributed by atoms with E-state index >= 15 is 0 Å². The van der Waals surface area contributed by atoms with E-state index in [9.17, 15) is 22.8 Å². The summed E-state index contributed by atoms with van der Waals surface area (Å²) < 4.78 is 30.9. The first-order chi connectivity index (χ1) is 15.2. The van der Waals surface area contributed by atoms with E-state index < -0.39 is 33.7 Å². The second-order valence-corrected chi connectivity index (χ2v) is 10.0. The number of aliphatic carboxylic acids is 1. The van der Waals surface area contributed by atoms with Crippen LogP contribution in [0.2, 0.25) is 0 Å². The van der Waals surface area contributed by atoms with Crippen LogP contribution >= 0.6 is 0 Å². The molecule has 188 valence electrons. The number of carboxylic acid groups (broad SMARTS) is 1. The Morgan fingerprint density at radius 3 is 1.44 bits per heavy atom. The Labute approximate surface area is 193 Å². The van der Waals surface area contributed by atoms with Gasteiger partial charge in [0, 0.05) is 19.3 Å². The van der Waals surface area contributed by atoms with Crippen molar-refractivity contribution < 1.29 is 32.5 Å². The van der Waals surface area contributed by atoms with Crippen LogP contribution in [-0.4, -0.2) is 47.5 Å². The van der Waals surface area contributed by atoms with Crippen molar-refractivity contribution in [1.29, 1.82) is 0 Å². The van der Waals surface area contributed by atoms with Crippen molar-refractivity contribution >= 4 is 27.8 Å². The fraction of sp³-hybridized carbons (Fsp3) is 0.870. The van der Waals surface area contributed by atoms with E-state index in [-0.39, 0.29) is 25.2 Å². The predicted octanol–water partition coefficient (Wildman–Crippen LogP) is 4.66. The molecule has 0 radical (unpaired) electrons. The summed E-state index contributed by atoms with van der Waals surface area (Å²) in [6, 6.07) is -1.18. The molecule has 8 nitrogen and oxygen atoms in total. The molecule has 0 aromatic carbocycles. The van der Waals surface area contributed by atoms with Gasteiger partial charge in [0.05, 0.1) is 0 Å². The zero-order chi connectivity index (χ0) is 24.2. The first-order valence-corrected chi connectivity index (χ1v) is 13.8. The van der Waals surface area contributed by atoms with E-state index in [2.05, 4.69) is 5.32 Å². The van der Waals surface area contributed by atoms with Crippen LogP contribution in [0.5, 0.6) is 0 Å². The maximum absolute atomic E-state index is 12.0. The van der Waals surface area contributed by atoms with Gasteiger partial charge in [0.2, 0.25) is 5.91 Å². The summed E-state index contributed by atoms with van der Waals surface area (Å²) in [5.41, 5.74) is 0. The number of hydrogen-bond acceptors (Lipinski definition) is 5. The van der Waals surface area contributed by atoms with Gasteiger partial charge in [0.15, 0.2) is 5.78 Å². The first-order valence-electron chi connectivity index (χ1n) is 12.1. The fourth-order valence-corrected chi connectivity index (χ4v) is 4.31. The van der Waals surface area contributed by atoms with Gasteiger partial charge in [-0.1, -0.05) is 84.0 Å². The molecule has 1 unspecified atom stereocenters. The SMILES string of the molecule is CCC(=O)C(CS(=O)(=O)O)NC(=O)CCCCCCCCCCCCCCCCC(=O)O. The van der Waals surface area contributed by atoms with E-state index in [4.69, 9.17) is 9.66 Å². The number of hydrogen-bond donors (Lipinski definition) is 3. The van der Waals surface area contributed by atoms with Gasteiger partial charge < -0.3 is 10.4 Å². The maximum Gasteiger partial charge on any atom is 0.303 e. The molecule has 0 aliphatic rings. The summed E-state index contributed by atoms with van der Waals surface area (Å²) in [6.45, 7) is 1.58. The number of amides is 1. The van der Waals surface area contributed by atoms with Crippen LogP contribution in [0.15, 0.2) is 0 Å². The van der Waals surface area contributed by atoms with Gasteiger partial charge in [-0.2, -0.15) is 8.42 Å². The molecule has 0 saturated heterocycles. The van der Waals surface area contributed by atoms with Crippen LogP contribution in [0.1, 0.15) is 116 Å². The molecule has 0 aromatic heterocycles. The molecule has 0 spiro atoms. The molecule has 0 aliphatic carbocycles. The molecule has 0 rings (SSSR count). The highest BCUT2D eigenvalue weighted by Gasteiger charge is 2.24. The molecule has 0 saturated carbocycles. The smallest absolute Gasteiger partial charge is 0.303 e. The van der Waals surface area contributed by atoms with Crippen molar-refractivity contribution in [2.24, 2.45) is 0 Å². The van der Waals surface area contributed by atoms with Crippen molar-refractivity contribution in [2.75, 3.05) is 5.75 Å². The molecule has 0 aromatic rings. The molecule has 3 N–H and O–H groups in total. The Kier molecular flexibility index (Phi) is 18.2. The van der Waals surface area contributed by atoms with Crippen molar-refractivity contribution in [3.63, 3.8) is 0 Å². The number of Topliss-reactive ketones (excluding diaryl/α,β-unsaturated/α-hetero) is 1. The van der Waals surface area contributed by atoms with Crippen molar-refractivity contribution in [3.8, 4) is 0 Å². The van der Waals surface area contributed by atoms with Crippen LogP contribution < -0.4 is 5.32 Å². The van der Waals surface area contributed by atoms with Crippen molar-refractivity contribution in [3.05, 3.63) is 0 Å². The van der Waals surface area contributed by atoms with E-state index in [0.29, 0.717) is 6.42 Å². The highest BCUT2D eigenvalue weighted by Crippen LogP contribution is 2.14. The lowest BCUT2D eigenvalue weighted by atomic mass is 10.0. The van der Waals surface area contributed by atoms with Gasteiger partial charge in [-0.15, -0.1) is 0 Å². The lowest BCUT2D eigenvalue weighted by Crippen LogP contribution is -2.45. The largest absolute Gasteiger partial charge is 0.481 e. The zero-order valence-electron chi connectivity index (χ0n) is 19.6. The fourth-order valence-electron chi connectivity index (χ4n) is 3.62. The van der Waals surface area contributed by atoms with Gasteiger partial charge in [0.1, 0.15) is 11.8 Å². The monoisotopic (exact) mass is 477 g/mol. The normalized spacial score (nSPS) is 12.4. The second kappa shape index (κ2) is 19.0. The summed E-state index contributed by atoms with van der Waals surface area (Å²) in [6.07, 6.45) is 15.9. The number of carboxylic acids is 1. The Balaban J connectivity index is 3.56. The van der Waals surface area contributed by atoms with Crippen LogP contribution in [0.3, 0.4) is 0 Å². The lowest BCUT2D eigenvalue weighted by molar-refractivity contribution is -0.137. The third-order valence-electron chi connectivity index (χ3n) is 5.49. The highest BCUT2D eigenvalue weighted by molar-refractivity contribution is 7.85. The molecule has 0 aliphatic heterocycles. The minimum atomic E-state index is -4.33. The summed E-state index contributed by atoms with van der Waals surface area (Å²) in [5, 5.41) is 11.0. The van der Waals surface area contributed by atoms with Crippen molar-refractivity contribution in [1.82, 2.24) is 5.32 Å². The molecule has 1 atom stereocenters. The zero-order valence-corrected chi connectivity index (χ0v) is 20.5. The van der Waals surface area contributed by atoms with Gasteiger partial charge >= 0.3 is 5.97 Å². The Morgan fingerprint density at radius 2 is 1.09 bits per heavy atom. The summed E-state index contributed by atoms with van der Waals surface area (Å²) >= 11 is 0. The van der Waals surface area contributed by atoms with Crippen LogP contribution in [-0.2, 0) is 24.5 Å². The van der Waals surface area contributed by atoms with Gasteiger partial charge in [-0.05, 0) is 12.8 Å². The van der Waals surface area contributed by atoms with Gasteiger partial charge in [-0.25, -0.2) is 0 Å². The summed E-state index contributed by atoms with van der Waals surface area (Å²) in [4.78, 5) is 34.1. The average Bonchev–Trinajstić information content (AvgIpc) is 2.71. The lowest BCUT2D eigenvalue weighted by Gasteiger charge is -2.15. The number of carbonyl (C=O) groups is 3. The second-order valence-electron chi connectivity index (χ2n) is 8.53. The molecule has 0 fully saturated rings. The predicted molar refractivity (Wildman–Crippen MR) is 125 cm³/mol. The molecule has 0 bridgehead atoms. The minimum Gasteiger partial charge on any atom is -0.481 e. The Hall–Kier alpha value is -1.48. The molecular formula is C23H43NO7S.